The maximum absolute atomic E-state index is 11.8. The van der Waals surface area contributed by atoms with Crippen molar-refractivity contribution in [3.05, 3.63) is 0 Å². The van der Waals surface area contributed by atoms with Gasteiger partial charge in [-0.2, -0.15) is 0 Å². The topological polar surface area (TPSA) is 50.4 Å². The van der Waals surface area contributed by atoms with Crippen LogP contribution in [0.4, 0.5) is 0 Å². The molecule has 0 radical (unpaired) electrons. The zero-order valence-corrected chi connectivity index (χ0v) is 10.7. The molecule has 2 unspecified atom stereocenters. The zero-order valence-electron chi connectivity index (χ0n) is 10.7. The second kappa shape index (κ2) is 6.36. The zero-order chi connectivity index (χ0) is 12.1. The summed E-state index contributed by atoms with van der Waals surface area (Å²) < 4.78 is 5.37. The van der Waals surface area contributed by atoms with Crippen molar-refractivity contribution < 1.29 is 9.53 Å². The van der Waals surface area contributed by atoms with Gasteiger partial charge in [-0.3, -0.25) is 4.79 Å². The maximum atomic E-state index is 11.8. The van der Waals surface area contributed by atoms with Gasteiger partial charge in [0.1, 0.15) is 0 Å². The van der Waals surface area contributed by atoms with E-state index in [-0.39, 0.29) is 11.9 Å². The summed E-state index contributed by atoms with van der Waals surface area (Å²) in [6.07, 6.45) is 5.44. The molecule has 4 heteroatoms. The molecule has 17 heavy (non-hydrogen) atoms. The second-order valence-corrected chi connectivity index (χ2v) is 5.24. The van der Waals surface area contributed by atoms with Crippen LogP contribution in [-0.4, -0.2) is 37.7 Å². The van der Waals surface area contributed by atoms with Crippen molar-refractivity contribution in [2.24, 2.45) is 5.92 Å². The Morgan fingerprint density at radius 2 is 2.06 bits per heavy atom. The lowest BCUT2D eigenvalue weighted by Gasteiger charge is -2.30. The first-order valence-electron chi connectivity index (χ1n) is 6.89. The lowest BCUT2D eigenvalue weighted by Crippen LogP contribution is -2.49. The van der Waals surface area contributed by atoms with Crippen LogP contribution in [0.2, 0.25) is 0 Å². The van der Waals surface area contributed by atoms with E-state index in [0.29, 0.717) is 12.0 Å². The van der Waals surface area contributed by atoms with Crippen molar-refractivity contribution in [1.82, 2.24) is 10.6 Å². The number of nitrogens with one attached hydrogen (secondary N) is 2. The third-order valence-corrected chi connectivity index (χ3v) is 3.97. The highest BCUT2D eigenvalue weighted by atomic mass is 16.5. The molecule has 2 fully saturated rings. The molecule has 2 heterocycles. The Hall–Kier alpha value is -0.610. The van der Waals surface area contributed by atoms with Gasteiger partial charge in [-0.05, 0) is 44.9 Å². The van der Waals surface area contributed by atoms with Gasteiger partial charge in [0.05, 0.1) is 6.04 Å². The van der Waals surface area contributed by atoms with E-state index in [0.717, 1.165) is 51.9 Å². The SMILES string of the molecule is CC(NC1CCCCNC1=O)C1CCOCC1. The largest absolute Gasteiger partial charge is 0.381 e. The van der Waals surface area contributed by atoms with Crippen LogP contribution in [0, 0.1) is 5.92 Å². The van der Waals surface area contributed by atoms with Crippen LogP contribution in [0.5, 0.6) is 0 Å². The quantitative estimate of drug-likeness (QED) is 0.775. The molecule has 0 aliphatic carbocycles. The van der Waals surface area contributed by atoms with Crippen molar-refractivity contribution in [2.45, 2.75) is 51.1 Å². The standard InChI is InChI=1S/C13H24N2O2/c1-10(11-5-8-17-9-6-11)15-12-4-2-3-7-14-13(12)16/h10-12,15H,2-9H2,1H3,(H,14,16). The summed E-state index contributed by atoms with van der Waals surface area (Å²) in [6.45, 7) is 4.78. The van der Waals surface area contributed by atoms with E-state index in [1.165, 1.54) is 0 Å². The highest BCUT2D eigenvalue weighted by Gasteiger charge is 2.26. The number of amides is 1. The lowest BCUT2D eigenvalue weighted by atomic mass is 9.92. The van der Waals surface area contributed by atoms with E-state index >= 15 is 0 Å². The third kappa shape index (κ3) is 3.68. The van der Waals surface area contributed by atoms with Crippen LogP contribution >= 0.6 is 0 Å². The average molecular weight is 240 g/mol. The molecular weight excluding hydrogens is 216 g/mol. The molecule has 2 N–H and O–H groups in total. The molecule has 2 atom stereocenters. The molecule has 0 saturated carbocycles. The number of rotatable bonds is 3. The fraction of sp³-hybridized carbons (Fsp3) is 0.923. The molecular formula is C13H24N2O2. The van der Waals surface area contributed by atoms with Gasteiger partial charge in [0.25, 0.3) is 0 Å². The molecule has 98 valence electrons. The Morgan fingerprint density at radius 3 is 2.82 bits per heavy atom. The van der Waals surface area contributed by atoms with Gasteiger partial charge in [0, 0.05) is 25.8 Å². The molecule has 2 aliphatic heterocycles. The van der Waals surface area contributed by atoms with Gasteiger partial charge < -0.3 is 15.4 Å². The van der Waals surface area contributed by atoms with Crippen LogP contribution in [-0.2, 0) is 9.53 Å². The summed E-state index contributed by atoms with van der Waals surface area (Å²) in [5, 5.41) is 6.49. The Labute approximate surface area is 103 Å². The van der Waals surface area contributed by atoms with Crippen molar-refractivity contribution in [2.75, 3.05) is 19.8 Å². The van der Waals surface area contributed by atoms with E-state index in [1.807, 2.05) is 0 Å². The molecule has 0 aromatic carbocycles. The highest BCUT2D eigenvalue weighted by molar-refractivity contribution is 5.81. The summed E-state index contributed by atoms with van der Waals surface area (Å²) in [7, 11) is 0. The minimum atomic E-state index is 0.00958. The van der Waals surface area contributed by atoms with Crippen molar-refractivity contribution in [3.63, 3.8) is 0 Å². The van der Waals surface area contributed by atoms with Crippen molar-refractivity contribution in [1.29, 1.82) is 0 Å². The van der Waals surface area contributed by atoms with Crippen LogP contribution < -0.4 is 10.6 Å². The van der Waals surface area contributed by atoms with Crippen LogP contribution in [0.1, 0.15) is 39.0 Å². The Bertz CT molecular complexity index is 252. The van der Waals surface area contributed by atoms with Crippen LogP contribution in [0.3, 0.4) is 0 Å². The Kier molecular flexibility index (Phi) is 4.80. The molecule has 0 aromatic heterocycles. The second-order valence-electron chi connectivity index (χ2n) is 5.24. The highest BCUT2D eigenvalue weighted by Crippen LogP contribution is 2.19. The number of hydrogen-bond acceptors (Lipinski definition) is 3. The molecule has 0 bridgehead atoms. The van der Waals surface area contributed by atoms with Gasteiger partial charge in [-0.1, -0.05) is 0 Å². The summed E-state index contributed by atoms with van der Waals surface area (Å²) >= 11 is 0. The first-order valence-corrected chi connectivity index (χ1v) is 6.89. The monoisotopic (exact) mass is 240 g/mol. The number of ether oxygens (including phenoxy) is 1. The minimum absolute atomic E-state index is 0.00958. The molecule has 2 saturated heterocycles. The first kappa shape index (κ1) is 12.8. The molecule has 2 aliphatic rings. The fourth-order valence-corrected chi connectivity index (χ4v) is 2.77. The summed E-state index contributed by atoms with van der Waals surface area (Å²) in [5.41, 5.74) is 0. The molecule has 0 spiro atoms. The summed E-state index contributed by atoms with van der Waals surface area (Å²) in [6, 6.07) is 0.420. The summed E-state index contributed by atoms with van der Waals surface area (Å²) in [5.74, 6) is 0.834. The summed E-state index contributed by atoms with van der Waals surface area (Å²) in [4.78, 5) is 11.8. The third-order valence-electron chi connectivity index (χ3n) is 3.97. The molecule has 2 rings (SSSR count). The Morgan fingerprint density at radius 1 is 1.29 bits per heavy atom. The average Bonchev–Trinajstić information content (AvgIpc) is 2.56. The first-order chi connectivity index (χ1) is 8.27. The van der Waals surface area contributed by atoms with Gasteiger partial charge in [0.15, 0.2) is 0 Å². The van der Waals surface area contributed by atoms with E-state index in [4.69, 9.17) is 4.74 Å². The van der Waals surface area contributed by atoms with Gasteiger partial charge in [0.2, 0.25) is 5.91 Å². The predicted molar refractivity (Wildman–Crippen MR) is 66.8 cm³/mol. The van der Waals surface area contributed by atoms with Crippen molar-refractivity contribution >= 4 is 5.91 Å². The predicted octanol–water partition coefficient (Wildman–Crippen LogP) is 1.06. The van der Waals surface area contributed by atoms with E-state index < -0.39 is 0 Å². The lowest BCUT2D eigenvalue weighted by molar-refractivity contribution is -0.123. The molecule has 1 amide bonds. The van der Waals surface area contributed by atoms with Crippen LogP contribution in [0.25, 0.3) is 0 Å². The number of carbonyl (C=O) groups excluding carboxylic acids is 1. The number of hydrogen-bond donors (Lipinski definition) is 2. The van der Waals surface area contributed by atoms with E-state index in [2.05, 4.69) is 17.6 Å². The van der Waals surface area contributed by atoms with Gasteiger partial charge >= 0.3 is 0 Å². The Balaban J connectivity index is 1.83. The number of carbonyl (C=O) groups is 1. The van der Waals surface area contributed by atoms with Gasteiger partial charge in [-0.15, -0.1) is 0 Å². The fourth-order valence-electron chi connectivity index (χ4n) is 2.77. The smallest absolute Gasteiger partial charge is 0.237 e. The van der Waals surface area contributed by atoms with Crippen LogP contribution in [0.15, 0.2) is 0 Å². The normalized spacial score (nSPS) is 29.5. The van der Waals surface area contributed by atoms with Gasteiger partial charge in [-0.25, -0.2) is 0 Å². The van der Waals surface area contributed by atoms with E-state index in [1.54, 1.807) is 0 Å². The maximum Gasteiger partial charge on any atom is 0.237 e. The molecule has 4 nitrogen and oxygen atoms in total. The molecule has 0 aromatic rings. The van der Waals surface area contributed by atoms with Crippen molar-refractivity contribution in [3.8, 4) is 0 Å². The van der Waals surface area contributed by atoms with E-state index in [9.17, 15) is 4.79 Å². The minimum Gasteiger partial charge on any atom is -0.381 e.